The molecule has 1 fully saturated rings. The lowest BCUT2D eigenvalue weighted by molar-refractivity contribution is 0.115. The first-order valence-electron chi connectivity index (χ1n) is 28.8. The van der Waals surface area contributed by atoms with Crippen molar-refractivity contribution in [3.05, 3.63) is 167 Å². The first-order valence-corrected chi connectivity index (χ1v) is 32.0. The third-order valence-corrected chi connectivity index (χ3v) is 20.5. The zero-order valence-corrected chi connectivity index (χ0v) is 48.7. The molecule has 0 bridgehead atoms. The Kier molecular flexibility index (Phi) is 22.9. The molecule has 4 unspecified atom stereocenters. The standard InChI is InChI=1S/C22H32O2S.2C22H28O2S/c3*1-3-5-15-22(4-2)16-20(18-11-7-6-8-12-18)19-13-9-10-14-21(19)25(23)24-17-22/h9-10,13-14H,3-8,11-12,15-17H2,1-2H3;2*6-14,20H,3-5,15-17H2,1-2H3/t;20-,22+,25?;20-,22-,25?/m.10/s1. The van der Waals surface area contributed by atoms with E-state index in [-0.39, 0.29) is 28.1 Å². The van der Waals surface area contributed by atoms with Crippen LogP contribution in [0.3, 0.4) is 0 Å². The molecule has 1 saturated carbocycles. The Morgan fingerprint density at radius 2 is 0.813 bits per heavy atom. The van der Waals surface area contributed by atoms with Gasteiger partial charge < -0.3 is 0 Å². The normalized spacial score (nSPS) is 26.8. The maximum atomic E-state index is 12.8. The number of hydrogen-bond acceptors (Lipinski definition) is 6. The Labute approximate surface area is 460 Å². The van der Waals surface area contributed by atoms with Crippen molar-refractivity contribution in [1.82, 2.24) is 0 Å². The van der Waals surface area contributed by atoms with Crippen molar-refractivity contribution in [2.45, 2.75) is 196 Å². The summed E-state index contributed by atoms with van der Waals surface area (Å²) in [6.45, 7) is 15.3. The number of allylic oxidation sites excluding steroid dienone is 2. The van der Waals surface area contributed by atoms with Crippen LogP contribution >= 0.6 is 0 Å². The van der Waals surface area contributed by atoms with Gasteiger partial charge in [0, 0.05) is 11.8 Å². The van der Waals surface area contributed by atoms with Crippen molar-refractivity contribution >= 4 is 38.8 Å². The van der Waals surface area contributed by atoms with Crippen LogP contribution in [0.4, 0.5) is 0 Å². The Morgan fingerprint density at radius 1 is 0.440 bits per heavy atom. The molecule has 0 spiro atoms. The summed E-state index contributed by atoms with van der Waals surface area (Å²) in [4.78, 5) is 2.53. The van der Waals surface area contributed by atoms with E-state index in [0.717, 1.165) is 83.6 Å². The molecule has 5 aromatic carbocycles. The number of unbranched alkanes of at least 4 members (excludes halogenated alkanes) is 3. The van der Waals surface area contributed by atoms with Gasteiger partial charge in [0.2, 0.25) is 0 Å². The number of hydrogen-bond donors (Lipinski definition) is 0. The summed E-state index contributed by atoms with van der Waals surface area (Å²) >= 11 is -4.14. The second-order valence-electron chi connectivity index (χ2n) is 22.1. The van der Waals surface area contributed by atoms with Gasteiger partial charge in [-0.3, -0.25) is 12.5 Å². The Bertz CT molecular complexity index is 2520. The molecule has 8 atom stereocenters. The summed E-state index contributed by atoms with van der Waals surface area (Å²) in [5.74, 6) is 0.532. The van der Waals surface area contributed by atoms with E-state index in [1.54, 1.807) is 5.57 Å². The lowest BCUT2D eigenvalue weighted by Gasteiger charge is -2.38. The highest BCUT2D eigenvalue weighted by atomic mass is 32.2. The van der Waals surface area contributed by atoms with E-state index < -0.39 is 33.2 Å². The SMILES string of the molecule is CCCCC1(CC)COS(=O)c2ccccc2C(=C2CCCCC2)C1.CCCC[C@]1(CC)COS(=O)c2ccccc2[C@@H](c2ccccc2)C1.CCCC[C@]1(CC)COS(=O)c2ccccc2[C@H](c2ccccc2)C1. The average Bonchev–Trinajstić information content (AvgIpc) is 3.47. The molecule has 0 saturated heterocycles. The summed E-state index contributed by atoms with van der Waals surface area (Å²) in [6, 6.07) is 45.7. The highest BCUT2D eigenvalue weighted by molar-refractivity contribution is 7.80. The van der Waals surface area contributed by atoms with Gasteiger partial charge in [0.05, 0.1) is 34.5 Å². The van der Waals surface area contributed by atoms with Gasteiger partial charge in [-0.15, -0.1) is 0 Å². The van der Waals surface area contributed by atoms with Crippen molar-refractivity contribution in [2.24, 2.45) is 16.2 Å². The van der Waals surface area contributed by atoms with Crippen LogP contribution < -0.4 is 0 Å². The Hall–Kier alpha value is -3.83. The van der Waals surface area contributed by atoms with Crippen LogP contribution in [0.15, 0.2) is 154 Å². The van der Waals surface area contributed by atoms with E-state index in [1.807, 2.05) is 48.5 Å². The largest absolute Gasteiger partial charge is 0.286 e. The Morgan fingerprint density at radius 3 is 1.25 bits per heavy atom. The van der Waals surface area contributed by atoms with Gasteiger partial charge >= 0.3 is 0 Å². The molecule has 0 amide bonds. The quantitative estimate of drug-likeness (QED) is 0.110. The maximum absolute atomic E-state index is 12.8. The van der Waals surface area contributed by atoms with Crippen LogP contribution in [0, 0.1) is 16.2 Å². The van der Waals surface area contributed by atoms with E-state index in [4.69, 9.17) is 12.5 Å². The molecule has 1 aliphatic carbocycles. The maximum Gasteiger partial charge on any atom is 0.189 e. The van der Waals surface area contributed by atoms with E-state index in [2.05, 4.69) is 126 Å². The smallest absolute Gasteiger partial charge is 0.189 e. The lowest BCUT2D eigenvalue weighted by atomic mass is 9.71. The minimum absolute atomic E-state index is 0.0830. The minimum Gasteiger partial charge on any atom is -0.286 e. The predicted molar refractivity (Wildman–Crippen MR) is 314 cm³/mol. The van der Waals surface area contributed by atoms with Crippen LogP contribution in [0.25, 0.3) is 5.57 Å². The highest BCUT2D eigenvalue weighted by Gasteiger charge is 2.39. The van der Waals surface area contributed by atoms with Gasteiger partial charge in [0.15, 0.2) is 33.2 Å². The average molecular weight is 1070 g/mol. The molecule has 6 nitrogen and oxygen atoms in total. The van der Waals surface area contributed by atoms with Crippen molar-refractivity contribution in [2.75, 3.05) is 19.8 Å². The summed E-state index contributed by atoms with van der Waals surface area (Å²) in [6.07, 6.45) is 23.3. The van der Waals surface area contributed by atoms with E-state index in [0.29, 0.717) is 19.8 Å². The molecule has 3 aliphatic heterocycles. The molecule has 3 heterocycles. The highest BCUT2D eigenvalue weighted by Crippen LogP contribution is 2.49. The molecular formula is C66H88O6S3. The fourth-order valence-electron chi connectivity index (χ4n) is 12.1. The second kappa shape index (κ2) is 29.2. The lowest BCUT2D eigenvalue weighted by Crippen LogP contribution is -2.32. The fourth-order valence-corrected chi connectivity index (χ4v) is 15.3. The van der Waals surface area contributed by atoms with Gasteiger partial charge in [-0.2, -0.15) is 0 Å². The molecule has 9 rings (SSSR count). The van der Waals surface area contributed by atoms with Crippen LogP contribution in [-0.2, 0) is 45.8 Å². The summed E-state index contributed by atoms with van der Waals surface area (Å²) in [5, 5.41) is 0. The van der Waals surface area contributed by atoms with Gasteiger partial charge in [-0.05, 0) is 151 Å². The van der Waals surface area contributed by atoms with Crippen molar-refractivity contribution in [3.63, 3.8) is 0 Å². The monoisotopic (exact) mass is 1070 g/mol. The second-order valence-corrected chi connectivity index (χ2v) is 25.5. The van der Waals surface area contributed by atoms with Crippen molar-refractivity contribution in [3.8, 4) is 0 Å². The molecule has 0 aromatic heterocycles. The first-order chi connectivity index (χ1) is 36.6. The van der Waals surface area contributed by atoms with Crippen LogP contribution in [0.5, 0.6) is 0 Å². The molecule has 5 aromatic rings. The van der Waals surface area contributed by atoms with Crippen molar-refractivity contribution in [1.29, 1.82) is 0 Å². The third kappa shape index (κ3) is 15.3. The summed E-state index contributed by atoms with van der Waals surface area (Å²) < 4.78 is 56.1. The van der Waals surface area contributed by atoms with E-state index in [9.17, 15) is 12.6 Å². The molecule has 9 heteroatoms. The van der Waals surface area contributed by atoms with Gasteiger partial charge in [0.1, 0.15) is 0 Å². The minimum atomic E-state index is -1.39. The van der Waals surface area contributed by atoms with Gasteiger partial charge in [-0.25, -0.2) is 12.6 Å². The van der Waals surface area contributed by atoms with Crippen molar-refractivity contribution < 1.29 is 25.2 Å². The van der Waals surface area contributed by atoms with Crippen LogP contribution in [0.1, 0.15) is 210 Å². The summed E-state index contributed by atoms with van der Waals surface area (Å²) in [7, 11) is 0. The van der Waals surface area contributed by atoms with Gasteiger partial charge in [0.25, 0.3) is 0 Å². The van der Waals surface area contributed by atoms with Crippen LogP contribution in [-0.4, -0.2) is 32.4 Å². The molecule has 75 heavy (non-hydrogen) atoms. The molecule has 4 aliphatic rings. The molecule has 406 valence electrons. The zero-order chi connectivity index (χ0) is 53.1. The number of benzene rings is 5. The van der Waals surface area contributed by atoms with E-state index in [1.165, 1.54) is 92.9 Å². The molecule has 0 N–H and O–H groups in total. The fraction of sp³-hybridized carbons (Fsp3) is 0.515. The number of fused-ring (bicyclic) bond motifs is 3. The molecular weight excluding hydrogens is 985 g/mol. The predicted octanol–water partition coefficient (Wildman–Crippen LogP) is 18.1. The van der Waals surface area contributed by atoms with Gasteiger partial charge in [-0.1, -0.05) is 207 Å². The topological polar surface area (TPSA) is 78.9 Å². The third-order valence-electron chi connectivity index (χ3n) is 17.3. The summed E-state index contributed by atoms with van der Waals surface area (Å²) in [5.41, 5.74) is 9.51. The number of rotatable bonds is 14. The first kappa shape index (κ1) is 58.8. The molecule has 0 radical (unpaired) electrons. The zero-order valence-electron chi connectivity index (χ0n) is 46.3. The van der Waals surface area contributed by atoms with Crippen LogP contribution in [0.2, 0.25) is 0 Å². The Balaban J connectivity index is 0.000000164. The van der Waals surface area contributed by atoms with E-state index >= 15 is 0 Å².